The molecule has 0 saturated carbocycles. The molecule has 4 heteroatoms. The average Bonchev–Trinajstić information content (AvgIpc) is 2.69. The molecule has 3 rings (SSSR count). The molecule has 0 aliphatic rings. The second kappa shape index (κ2) is 9.74. The van der Waals surface area contributed by atoms with E-state index in [1.54, 1.807) is 6.20 Å². The number of ether oxygens (including phenoxy) is 2. The minimum atomic E-state index is 0.613. The minimum Gasteiger partial charge on any atom is -0.493 e. The molecule has 0 amide bonds. The number of benzene rings is 2. The maximum absolute atomic E-state index is 6.07. The average molecular weight is 362 g/mol. The first-order valence-electron chi connectivity index (χ1n) is 9.21. The molecule has 1 heterocycles. The highest BCUT2D eigenvalue weighted by atomic mass is 16.5. The van der Waals surface area contributed by atoms with Gasteiger partial charge < -0.3 is 14.4 Å². The third-order valence-electron chi connectivity index (χ3n) is 4.21. The van der Waals surface area contributed by atoms with Crippen LogP contribution in [0.25, 0.3) is 11.1 Å². The van der Waals surface area contributed by atoms with Gasteiger partial charge >= 0.3 is 0 Å². The molecule has 3 aromatic rings. The van der Waals surface area contributed by atoms with Crippen molar-refractivity contribution in [2.75, 3.05) is 33.9 Å². The Kier molecular flexibility index (Phi) is 6.83. The van der Waals surface area contributed by atoms with Crippen molar-refractivity contribution in [1.29, 1.82) is 0 Å². The summed E-state index contributed by atoms with van der Waals surface area (Å²) in [5.74, 6) is 1.76. The fourth-order valence-corrected chi connectivity index (χ4v) is 2.76. The van der Waals surface area contributed by atoms with E-state index in [1.807, 2.05) is 56.7 Å². The molecule has 0 bridgehead atoms. The number of nitrogens with zero attached hydrogens (tertiary/aromatic N) is 2. The third-order valence-corrected chi connectivity index (χ3v) is 4.21. The van der Waals surface area contributed by atoms with Gasteiger partial charge in [0.15, 0.2) is 0 Å². The molecule has 0 fully saturated rings. The molecule has 0 radical (unpaired) electrons. The van der Waals surface area contributed by atoms with Gasteiger partial charge in [0.1, 0.15) is 18.1 Å². The Morgan fingerprint density at radius 2 is 1.78 bits per heavy atom. The number of rotatable bonds is 9. The summed E-state index contributed by atoms with van der Waals surface area (Å²) >= 11 is 0. The first-order chi connectivity index (χ1) is 13.2. The van der Waals surface area contributed by atoms with Gasteiger partial charge in [0.05, 0.1) is 6.61 Å². The summed E-state index contributed by atoms with van der Waals surface area (Å²) < 4.78 is 11.9. The van der Waals surface area contributed by atoms with E-state index in [0.29, 0.717) is 13.2 Å². The van der Waals surface area contributed by atoms with Gasteiger partial charge in [0, 0.05) is 30.9 Å². The largest absolute Gasteiger partial charge is 0.493 e. The summed E-state index contributed by atoms with van der Waals surface area (Å²) in [4.78, 5) is 6.25. The van der Waals surface area contributed by atoms with Crippen LogP contribution in [-0.4, -0.2) is 43.7 Å². The van der Waals surface area contributed by atoms with Crippen LogP contribution in [0.4, 0.5) is 0 Å². The van der Waals surface area contributed by atoms with E-state index in [4.69, 9.17) is 9.47 Å². The number of para-hydroxylation sites is 1. The van der Waals surface area contributed by atoms with Crippen LogP contribution in [0.5, 0.6) is 11.5 Å². The van der Waals surface area contributed by atoms with Crippen molar-refractivity contribution in [3.05, 3.63) is 78.6 Å². The molecule has 140 valence electrons. The highest BCUT2D eigenvalue weighted by molar-refractivity contribution is 5.71. The van der Waals surface area contributed by atoms with Crippen molar-refractivity contribution in [2.24, 2.45) is 0 Å². The SMILES string of the molecule is CN(C)CCOc1cccc(-c2ccccc2OCCc2cccnc2)c1. The lowest BCUT2D eigenvalue weighted by molar-refractivity contribution is 0.261. The topological polar surface area (TPSA) is 34.6 Å². The lowest BCUT2D eigenvalue weighted by atomic mass is 10.0. The molecule has 1 aromatic heterocycles. The second-order valence-electron chi connectivity index (χ2n) is 6.64. The zero-order chi connectivity index (χ0) is 18.9. The molecule has 27 heavy (non-hydrogen) atoms. The van der Waals surface area contributed by atoms with E-state index in [0.717, 1.165) is 35.6 Å². The predicted octanol–water partition coefficient (Wildman–Crippen LogP) is 4.31. The van der Waals surface area contributed by atoms with E-state index in [9.17, 15) is 0 Å². The molecule has 0 atom stereocenters. The molecule has 4 nitrogen and oxygen atoms in total. The van der Waals surface area contributed by atoms with Crippen molar-refractivity contribution in [3.63, 3.8) is 0 Å². The van der Waals surface area contributed by atoms with Crippen LogP contribution in [0, 0.1) is 0 Å². The lowest BCUT2D eigenvalue weighted by Gasteiger charge is -2.14. The Balaban J connectivity index is 1.68. The summed E-state index contributed by atoms with van der Waals surface area (Å²) in [5, 5.41) is 0. The van der Waals surface area contributed by atoms with Crippen LogP contribution in [0.1, 0.15) is 5.56 Å². The number of hydrogen-bond donors (Lipinski definition) is 0. The highest BCUT2D eigenvalue weighted by Crippen LogP contribution is 2.32. The lowest BCUT2D eigenvalue weighted by Crippen LogP contribution is -2.19. The van der Waals surface area contributed by atoms with Gasteiger partial charge in [0.25, 0.3) is 0 Å². The Morgan fingerprint density at radius 1 is 0.889 bits per heavy atom. The van der Waals surface area contributed by atoms with Crippen molar-refractivity contribution in [1.82, 2.24) is 9.88 Å². The molecule has 0 aliphatic carbocycles. The first-order valence-corrected chi connectivity index (χ1v) is 9.21. The monoisotopic (exact) mass is 362 g/mol. The molecule has 0 spiro atoms. The number of hydrogen-bond acceptors (Lipinski definition) is 4. The Morgan fingerprint density at radius 3 is 2.59 bits per heavy atom. The smallest absolute Gasteiger partial charge is 0.127 e. The van der Waals surface area contributed by atoms with Crippen molar-refractivity contribution < 1.29 is 9.47 Å². The summed E-state index contributed by atoms with van der Waals surface area (Å²) in [6.45, 7) is 2.17. The van der Waals surface area contributed by atoms with Crippen molar-refractivity contribution in [2.45, 2.75) is 6.42 Å². The van der Waals surface area contributed by atoms with Crippen molar-refractivity contribution in [3.8, 4) is 22.6 Å². The zero-order valence-electron chi connectivity index (χ0n) is 16.0. The maximum Gasteiger partial charge on any atom is 0.127 e. The summed E-state index contributed by atoms with van der Waals surface area (Å²) in [5.41, 5.74) is 3.34. The van der Waals surface area contributed by atoms with Gasteiger partial charge in [-0.1, -0.05) is 36.4 Å². The first kappa shape index (κ1) is 18.9. The Hall–Kier alpha value is -2.85. The predicted molar refractivity (Wildman–Crippen MR) is 109 cm³/mol. The molecule has 0 N–H and O–H groups in total. The number of likely N-dealkylation sites (N-methyl/N-ethyl adjacent to an activating group) is 1. The third kappa shape index (κ3) is 5.83. The number of pyridine rings is 1. The zero-order valence-corrected chi connectivity index (χ0v) is 16.0. The van der Waals surface area contributed by atoms with Crippen LogP contribution in [0.2, 0.25) is 0 Å². The number of aromatic nitrogens is 1. The van der Waals surface area contributed by atoms with Gasteiger partial charge in [-0.2, -0.15) is 0 Å². The fraction of sp³-hybridized carbons (Fsp3) is 0.261. The van der Waals surface area contributed by atoms with Crippen LogP contribution in [0.3, 0.4) is 0 Å². The quantitative estimate of drug-likeness (QED) is 0.568. The van der Waals surface area contributed by atoms with Crippen LogP contribution in [0.15, 0.2) is 73.1 Å². The molecular formula is C23H26N2O2. The maximum atomic E-state index is 6.07. The van der Waals surface area contributed by atoms with E-state index >= 15 is 0 Å². The van der Waals surface area contributed by atoms with Gasteiger partial charge in [-0.25, -0.2) is 0 Å². The van der Waals surface area contributed by atoms with Crippen LogP contribution >= 0.6 is 0 Å². The molecular weight excluding hydrogens is 336 g/mol. The Bertz CT molecular complexity index is 835. The molecule has 0 aliphatic heterocycles. The fourth-order valence-electron chi connectivity index (χ4n) is 2.76. The summed E-state index contributed by atoms with van der Waals surface area (Å²) in [7, 11) is 4.08. The van der Waals surface area contributed by atoms with Crippen LogP contribution in [-0.2, 0) is 6.42 Å². The molecule has 0 saturated heterocycles. The molecule has 2 aromatic carbocycles. The van der Waals surface area contributed by atoms with E-state index in [1.165, 1.54) is 5.56 Å². The summed E-state index contributed by atoms with van der Waals surface area (Å²) in [6.07, 6.45) is 4.49. The summed E-state index contributed by atoms with van der Waals surface area (Å²) in [6, 6.07) is 20.3. The standard InChI is InChI=1S/C23H26N2O2/c1-25(2)14-16-26-21-9-5-8-20(17-21)22-10-3-4-11-23(22)27-15-12-19-7-6-13-24-18-19/h3-11,13,17-18H,12,14-16H2,1-2H3. The van der Waals surface area contributed by atoms with Crippen LogP contribution < -0.4 is 9.47 Å². The van der Waals surface area contributed by atoms with Gasteiger partial charge in [-0.3, -0.25) is 4.98 Å². The van der Waals surface area contributed by atoms with Gasteiger partial charge in [0.2, 0.25) is 0 Å². The Labute approximate surface area is 161 Å². The highest BCUT2D eigenvalue weighted by Gasteiger charge is 2.07. The minimum absolute atomic E-state index is 0.613. The van der Waals surface area contributed by atoms with E-state index in [2.05, 4.69) is 34.1 Å². The second-order valence-corrected chi connectivity index (χ2v) is 6.64. The van der Waals surface area contributed by atoms with Gasteiger partial charge in [-0.05, 0) is 49.5 Å². The van der Waals surface area contributed by atoms with Gasteiger partial charge in [-0.15, -0.1) is 0 Å². The molecule has 0 unspecified atom stereocenters. The van der Waals surface area contributed by atoms with Crippen molar-refractivity contribution >= 4 is 0 Å². The normalized spacial score (nSPS) is 10.8. The van der Waals surface area contributed by atoms with E-state index < -0.39 is 0 Å². The van der Waals surface area contributed by atoms with E-state index in [-0.39, 0.29) is 0 Å².